The molecule has 0 atom stereocenters. The van der Waals surface area contributed by atoms with E-state index in [0.29, 0.717) is 0 Å². The van der Waals surface area contributed by atoms with Crippen molar-refractivity contribution in [1.29, 1.82) is 0 Å². The zero-order valence-electron chi connectivity index (χ0n) is 18.2. The molecule has 4 heteroatoms. The molecule has 0 spiro atoms. The molecule has 0 aromatic heterocycles. The summed E-state index contributed by atoms with van der Waals surface area (Å²) in [4.78, 5) is 26.3. The maximum Gasteiger partial charge on any atom is 0.233 e. The van der Waals surface area contributed by atoms with Crippen molar-refractivity contribution in [3.63, 3.8) is 0 Å². The van der Waals surface area contributed by atoms with E-state index in [2.05, 4.69) is 10.6 Å². The molecule has 0 unspecified atom stereocenters. The van der Waals surface area contributed by atoms with Crippen LogP contribution in [0.5, 0.6) is 0 Å². The Hall–Kier alpha value is -4.18. The Balaban J connectivity index is 1.47. The molecule has 164 valence electrons. The van der Waals surface area contributed by atoms with E-state index in [1.807, 2.05) is 121 Å². The van der Waals surface area contributed by atoms with Crippen LogP contribution >= 0.6 is 0 Å². The van der Waals surface area contributed by atoms with Gasteiger partial charge in [0, 0.05) is 0 Å². The minimum absolute atomic E-state index is 0.0456. The van der Waals surface area contributed by atoms with E-state index < -0.39 is 11.8 Å². The third-order valence-corrected chi connectivity index (χ3v) is 5.58. The maximum atomic E-state index is 13.2. The van der Waals surface area contributed by atoms with Crippen LogP contribution in [0, 0.1) is 0 Å². The van der Waals surface area contributed by atoms with Gasteiger partial charge in [0.05, 0.1) is 18.5 Å². The quantitative estimate of drug-likeness (QED) is 0.390. The molecule has 0 fully saturated rings. The summed E-state index contributed by atoms with van der Waals surface area (Å²) in [5.74, 6) is -1.24. The van der Waals surface area contributed by atoms with Crippen molar-refractivity contribution < 1.29 is 9.59 Å². The molecule has 0 aliphatic heterocycles. The Kier molecular flexibility index (Phi) is 7.29. The van der Waals surface area contributed by atoms with Gasteiger partial charge in [-0.3, -0.25) is 9.59 Å². The average Bonchev–Trinajstić information content (AvgIpc) is 2.87. The summed E-state index contributed by atoms with van der Waals surface area (Å²) in [6.07, 6.45) is 0. The van der Waals surface area contributed by atoms with Gasteiger partial charge in [-0.15, -0.1) is 0 Å². The molecule has 0 heterocycles. The maximum absolute atomic E-state index is 13.2. The molecular formula is C29H26N2O2. The topological polar surface area (TPSA) is 58.2 Å². The van der Waals surface area contributed by atoms with E-state index in [-0.39, 0.29) is 18.5 Å². The van der Waals surface area contributed by atoms with Crippen LogP contribution in [0.15, 0.2) is 121 Å². The van der Waals surface area contributed by atoms with E-state index in [9.17, 15) is 9.59 Å². The van der Waals surface area contributed by atoms with E-state index in [1.54, 1.807) is 0 Å². The Morgan fingerprint density at radius 2 is 0.697 bits per heavy atom. The zero-order chi connectivity index (χ0) is 22.9. The molecule has 4 rings (SSSR count). The molecule has 2 N–H and O–H groups in total. The van der Waals surface area contributed by atoms with Crippen molar-refractivity contribution >= 4 is 11.8 Å². The first kappa shape index (κ1) is 22.0. The lowest BCUT2D eigenvalue weighted by Gasteiger charge is -2.20. The van der Waals surface area contributed by atoms with Crippen LogP contribution in [-0.2, 0) is 9.59 Å². The fourth-order valence-corrected chi connectivity index (χ4v) is 3.99. The number of amides is 2. The molecule has 0 saturated heterocycles. The molecule has 0 aliphatic carbocycles. The van der Waals surface area contributed by atoms with Crippen molar-refractivity contribution in [3.05, 3.63) is 144 Å². The summed E-state index contributed by atoms with van der Waals surface area (Å²) in [6.45, 7) is 0.0456. The van der Waals surface area contributed by atoms with E-state index in [4.69, 9.17) is 0 Å². The van der Waals surface area contributed by atoms with Crippen molar-refractivity contribution in [2.24, 2.45) is 0 Å². The molecule has 0 bridgehead atoms. The number of hydrogen-bond acceptors (Lipinski definition) is 2. The molecule has 2 amide bonds. The molecule has 0 aliphatic rings. The van der Waals surface area contributed by atoms with Crippen LogP contribution in [0.1, 0.15) is 34.1 Å². The Bertz CT molecular complexity index is 989. The highest BCUT2D eigenvalue weighted by Crippen LogP contribution is 2.26. The number of carbonyl (C=O) groups excluding carboxylic acids is 2. The normalized spacial score (nSPS) is 10.7. The monoisotopic (exact) mass is 434 g/mol. The second-order valence-electron chi connectivity index (χ2n) is 7.77. The van der Waals surface area contributed by atoms with Crippen LogP contribution in [0.3, 0.4) is 0 Å². The number of nitrogens with one attached hydrogen (secondary N) is 2. The predicted octanol–water partition coefficient (Wildman–Crippen LogP) is 4.84. The zero-order valence-corrected chi connectivity index (χ0v) is 18.2. The molecule has 0 saturated carbocycles. The molecule has 33 heavy (non-hydrogen) atoms. The largest absolute Gasteiger partial charge is 0.338 e. The minimum Gasteiger partial charge on any atom is -0.338 e. The average molecular weight is 435 g/mol. The molecule has 4 aromatic rings. The third-order valence-electron chi connectivity index (χ3n) is 5.58. The highest BCUT2D eigenvalue weighted by molar-refractivity contribution is 5.89. The summed E-state index contributed by atoms with van der Waals surface area (Å²) in [5.41, 5.74) is 3.61. The van der Waals surface area contributed by atoms with Gasteiger partial charge in [0.1, 0.15) is 0 Å². The molecule has 0 radical (unpaired) electrons. The van der Waals surface area contributed by atoms with Crippen LogP contribution in [0.4, 0.5) is 0 Å². The number of benzene rings is 4. The number of hydrogen-bond donors (Lipinski definition) is 2. The first-order valence-electron chi connectivity index (χ1n) is 11.0. The standard InChI is InChI=1S/C29H26N2O2/c32-28(26(22-13-5-1-6-14-22)23-15-7-2-8-16-23)30-21-31-29(33)27(24-17-9-3-10-18-24)25-19-11-4-12-20-25/h1-20,26-27H,21H2,(H,30,32)(H,31,33). The summed E-state index contributed by atoms with van der Waals surface area (Å²) in [5, 5.41) is 5.80. The van der Waals surface area contributed by atoms with Crippen LogP contribution in [0.25, 0.3) is 0 Å². The molecule has 4 aromatic carbocycles. The van der Waals surface area contributed by atoms with E-state index in [1.165, 1.54) is 0 Å². The number of rotatable bonds is 8. The summed E-state index contributed by atoms with van der Waals surface area (Å²) < 4.78 is 0. The Morgan fingerprint density at radius 1 is 0.455 bits per heavy atom. The van der Waals surface area contributed by atoms with Crippen molar-refractivity contribution in [2.45, 2.75) is 11.8 Å². The highest BCUT2D eigenvalue weighted by Gasteiger charge is 2.24. The lowest BCUT2D eigenvalue weighted by Crippen LogP contribution is -2.41. The summed E-state index contributed by atoms with van der Waals surface area (Å²) >= 11 is 0. The highest BCUT2D eigenvalue weighted by atomic mass is 16.2. The van der Waals surface area contributed by atoms with Crippen LogP contribution in [0.2, 0.25) is 0 Å². The SMILES string of the molecule is O=C(NCNC(=O)C(c1ccccc1)c1ccccc1)C(c1ccccc1)c1ccccc1. The molecular weight excluding hydrogens is 408 g/mol. The van der Waals surface area contributed by atoms with E-state index >= 15 is 0 Å². The van der Waals surface area contributed by atoms with Crippen LogP contribution < -0.4 is 10.6 Å². The summed E-state index contributed by atoms with van der Waals surface area (Å²) in [7, 11) is 0. The van der Waals surface area contributed by atoms with Gasteiger partial charge < -0.3 is 10.6 Å². The van der Waals surface area contributed by atoms with Gasteiger partial charge >= 0.3 is 0 Å². The van der Waals surface area contributed by atoms with Gasteiger partial charge in [-0.1, -0.05) is 121 Å². The fourth-order valence-electron chi connectivity index (χ4n) is 3.99. The van der Waals surface area contributed by atoms with Gasteiger partial charge in [-0.25, -0.2) is 0 Å². The van der Waals surface area contributed by atoms with Gasteiger partial charge in [0.15, 0.2) is 0 Å². The minimum atomic E-state index is -0.455. The fraction of sp³-hybridized carbons (Fsp3) is 0.103. The van der Waals surface area contributed by atoms with Gasteiger partial charge in [-0.05, 0) is 22.3 Å². The lowest BCUT2D eigenvalue weighted by molar-refractivity contribution is -0.123. The van der Waals surface area contributed by atoms with Crippen molar-refractivity contribution in [1.82, 2.24) is 10.6 Å². The summed E-state index contributed by atoms with van der Waals surface area (Å²) in [6, 6.07) is 38.6. The van der Waals surface area contributed by atoms with E-state index in [0.717, 1.165) is 22.3 Å². The predicted molar refractivity (Wildman–Crippen MR) is 131 cm³/mol. The van der Waals surface area contributed by atoms with Gasteiger partial charge in [-0.2, -0.15) is 0 Å². The smallest absolute Gasteiger partial charge is 0.233 e. The Labute approximate surface area is 194 Å². The lowest BCUT2D eigenvalue weighted by atomic mass is 9.90. The second-order valence-corrected chi connectivity index (χ2v) is 7.77. The van der Waals surface area contributed by atoms with Gasteiger partial charge in [0.2, 0.25) is 11.8 Å². The van der Waals surface area contributed by atoms with Crippen LogP contribution in [-0.4, -0.2) is 18.5 Å². The van der Waals surface area contributed by atoms with Crippen molar-refractivity contribution in [2.75, 3.05) is 6.67 Å². The first-order chi connectivity index (χ1) is 16.2. The van der Waals surface area contributed by atoms with Crippen molar-refractivity contribution in [3.8, 4) is 0 Å². The number of carbonyl (C=O) groups is 2. The Morgan fingerprint density at radius 3 is 0.939 bits per heavy atom. The first-order valence-corrected chi connectivity index (χ1v) is 11.0. The second kappa shape index (κ2) is 10.9. The molecule has 4 nitrogen and oxygen atoms in total. The van der Waals surface area contributed by atoms with Gasteiger partial charge in [0.25, 0.3) is 0 Å². The third kappa shape index (κ3) is 5.55.